The van der Waals surface area contributed by atoms with Gasteiger partial charge in [0.1, 0.15) is 18.7 Å². The summed E-state index contributed by atoms with van der Waals surface area (Å²) in [5.74, 6) is 1.40. The zero-order chi connectivity index (χ0) is 8.67. The molecule has 1 aromatic carbocycles. The maximum atomic E-state index is 5.44. The molecule has 2 aromatic rings. The van der Waals surface area contributed by atoms with Crippen LogP contribution >= 0.6 is 0 Å². The minimum atomic E-state index is 0.562. The van der Waals surface area contributed by atoms with E-state index in [1.165, 1.54) is 6.39 Å². The van der Waals surface area contributed by atoms with E-state index in [0.29, 0.717) is 24.5 Å². The van der Waals surface area contributed by atoms with Crippen molar-refractivity contribution < 1.29 is 13.9 Å². The smallest absolute Gasteiger partial charge is 0.206 e. The monoisotopic (exact) mass is 177 g/mol. The van der Waals surface area contributed by atoms with Gasteiger partial charge in [0.25, 0.3) is 0 Å². The van der Waals surface area contributed by atoms with Crippen molar-refractivity contribution in [2.75, 3.05) is 13.2 Å². The molecule has 1 aromatic heterocycles. The molecule has 0 bridgehead atoms. The molecule has 1 aliphatic heterocycles. The predicted octanol–water partition coefficient (Wildman–Crippen LogP) is 1.60. The van der Waals surface area contributed by atoms with Crippen molar-refractivity contribution in [3.63, 3.8) is 0 Å². The number of rotatable bonds is 0. The van der Waals surface area contributed by atoms with Gasteiger partial charge in [0.05, 0.1) is 0 Å². The molecule has 0 unspecified atom stereocenters. The van der Waals surface area contributed by atoms with E-state index in [1.807, 2.05) is 12.1 Å². The van der Waals surface area contributed by atoms with Crippen molar-refractivity contribution in [3.05, 3.63) is 18.5 Å². The molecule has 0 amide bonds. The molecule has 0 saturated heterocycles. The van der Waals surface area contributed by atoms with E-state index in [2.05, 4.69) is 4.98 Å². The second kappa shape index (κ2) is 2.39. The van der Waals surface area contributed by atoms with Crippen molar-refractivity contribution in [3.8, 4) is 11.5 Å². The van der Waals surface area contributed by atoms with Crippen LogP contribution in [0.2, 0.25) is 0 Å². The summed E-state index contributed by atoms with van der Waals surface area (Å²) in [7, 11) is 0. The van der Waals surface area contributed by atoms with Gasteiger partial charge in [-0.15, -0.1) is 0 Å². The van der Waals surface area contributed by atoms with Crippen molar-refractivity contribution in [2.45, 2.75) is 0 Å². The van der Waals surface area contributed by atoms with Crippen LogP contribution in [0, 0.1) is 0 Å². The van der Waals surface area contributed by atoms with E-state index in [0.717, 1.165) is 11.3 Å². The number of nitrogens with zero attached hydrogens (tertiary/aromatic N) is 1. The van der Waals surface area contributed by atoms with Gasteiger partial charge in [-0.25, -0.2) is 4.98 Å². The Morgan fingerprint density at radius 2 is 2.08 bits per heavy atom. The van der Waals surface area contributed by atoms with E-state index in [-0.39, 0.29) is 0 Å². The molecule has 0 saturated carbocycles. The van der Waals surface area contributed by atoms with Gasteiger partial charge in [-0.3, -0.25) is 0 Å². The lowest BCUT2D eigenvalue weighted by molar-refractivity contribution is 0.172. The highest BCUT2D eigenvalue weighted by atomic mass is 16.6. The lowest BCUT2D eigenvalue weighted by Crippen LogP contribution is -2.15. The summed E-state index contributed by atoms with van der Waals surface area (Å²) in [6.45, 7) is 1.15. The largest absolute Gasteiger partial charge is 0.486 e. The molecule has 0 spiro atoms. The number of fused-ring (bicyclic) bond motifs is 3. The zero-order valence-electron chi connectivity index (χ0n) is 6.82. The fourth-order valence-corrected chi connectivity index (χ4v) is 1.43. The van der Waals surface area contributed by atoms with Crippen LogP contribution < -0.4 is 9.47 Å². The molecule has 0 aliphatic carbocycles. The van der Waals surface area contributed by atoms with Crippen LogP contribution in [0.1, 0.15) is 0 Å². The van der Waals surface area contributed by atoms with Crippen molar-refractivity contribution >= 4 is 11.1 Å². The fourth-order valence-electron chi connectivity index (χ4n) is 1.43. The van der Waals surface area contributed by atoms with Gasteiger partial charge < -0.3 is 13.9 Å². The molecule has 1 aliphatic rings. The van der Waals surface area contributed by atoms with Crippen LogP contribution in [0.15, 0.2) is 22.9 Å². The number of hydrogen-bond acceptors (Lipinski definition) is 4. The van der Waals surface area contributed by atoms with Crippen LogP contribution in [0.4, 0.5) is 0 Å². The molecule has 0 radical (unpaired) electrons. The SMILES string of the molecule is c1nc2ccc3c(c2o1)OCCO3. The topological polar surface area (TPSA) is 44.5 Å². The molecule has 2 heterocycles. The van der Waals surface area contributed by atoms with Crippen molar-refractivity contribution in [2.24, 2.45) is 0 Å². The van der Waals surface area contributed by atoms with Gasteiger partial charge in [0, 0.05) is 0 Å². The number of oxazole rings is 1. The van der Waals surface area contributed by atoms with E-state index in [1.54, 1.807) is 0 Å². The minimum absolute atomic E-state index is 0.562. The average Bonchev–Trinajstić information content (AvgIpc) is 2.65. The second-order valence-electron chi connectivity index (χ2n) is 2.79. The third-order valence-corrected chi connectivity index (χ3v) is 2.00. The Bertz CT molecular complexity index is 449. The fraction of sp³-hybridized carbons (Fsp3) is 0.222. The first-order chi connectivity index (χ1) is 6.45. The Balaban J connectivity index is 2.34. The molecule has 13 heavy (non-hydrogen) atoms. The summed E-state index contributed by atoms with van der Waals surface area (Å²) in [6, 6.07) is 3.70. The first kappa shape index (κ1) is 6.77. The number of benzene rings is 1. The predicted molar refractivity (Wildman–Crippen MR) is 45.0 cm³/mol. The molecular weight excluding hydrogens is 170 g/mol. The summed E-state index contributed by atoms with van der Waals surface area (Å²) >= 11 is 0. The van der Waals surface area contributed by atoms with Gasteiger partial charge in [0.15, 0.2) is 17.7 Å². The first-order valence-electron chi connectivity index (χ1n) is 4.07. The van der Waals surface area contributed by atoms with Crippen LogP contribution in [-0.2, 0) is 0 Å². The molecule has 66 valence electrons. The van der Waals surface area contributed by atoms with Crippen LogP contribution in [0.3, 0.4) is 0 Å². The van der Waals surface area contributed by atoms with Crippen molar-refractivity contribution in [1.82, 2.24) is 4.98 Å². The summed E-state index contributed by atoms with van der Waals surface area (Å²) in [5, 5.41) is 0. The molecule has 4 heteroatoms. The highest BCUT2D eigenvalue weighted by molar-refractivity contribution is 5.82. The molecule has 4 nitrogen and oxygen atoms in total. The Morgan fingerprint density at radius 1 is 1.15 bits per heavy atom. The third-order valence-electron chi connectivity index (χ3n) is 2.00. The van der Waals surface area contributed by atoms with Crippen LogP contribution in [0.5, 0.6) is 11.5 Å². The zero-order valence-corrected chi connectivity index (χ0v) is 6.82. The Kier molecular flexibility index (Phi) is 1.24. The van der Waals surface area contributed by atoms with Gasteiger partial charge in [-0.05, 0) is 12.1 Å². The summed E-state index contributed by atoms with van der Waals surface area (Å²) < 4.78 is 16.0. The number of aromatic nitrogens is 1. The number of hydrogen-bond donors (Lipinski definition) is 0. The molecule has 3 rings (SSSR count). The highest BCUT2D eigenvalue weighted by Crippen LogP contribution is 2.36. The molecule has 0 N–H and O–H groups in total. The summed E-state index contributed by atoms with van der Waals surface area (Å²) in [6.07, 6.45) is 1.41. The van der Waals surface area contributed by atoms with Gasteiger partial charge in [-0.1, -0.05) is 0 Å². The van der Waals surface area contributed by atoms with E-state index in [9.17, 15) is 0 Å². The molecule has 0 fully saturated rings. The van der Waals surface area contributed by atoms with E-state index in [4.69, 9.17) is 13.9 Å². The quantitative estimate of drug-likeness (QED) is 0.613. The van der Waals surface area contributed by atoms with E-state index >= 15 is 0 Å². The van der Waals surface area contributed by atoms with Gasteiger partial charge >= 0.3 is 0 Å². The third kappa shape index (κ3) is 0.884. The Hall–Kier alpha value is -1.71. The summed E-state index contributed by atoms with van der Waals surface area (Å²) in [4.78, 5) is 4.02. The standard InChI is InChI=1S/C9H7NO3/c1-2-7-9(12-4-3-11-7)8-6(1)10-5-13-8/h1-2,5H,3-4H2. The maximum Gasteiger partial charge on any atom is 0.206 e. The lowest BCUT2D eigenvalue weighted by Gasteiger charge is -2.17. The first-order valence-corrected chi connectivity index (χ1v) is 4.07. The van der Waals surface area contributed by atoms with Crippen LogP contribution in [0.25, 0.3) is 11.1 Å². The summed E-state index contributed by atoms with van der Waals surface area (Å²) in [5.41, 5.74) is 1.46. The Labute approximate surface area is 74.1 Å². The Morgan fingerprint density at radius 3 is 3.08 bits per heavy atom. The van der Waals surface area contributed by atoms with Crippen LogP contribution in [-0.4, -0.2) is 18.2 Å². The highest BCUT2D eigenvalue weighted by Gasteiger charge is 2.17. The second-order valence-corrected chi connectivity index (χ2v) is 2.79. The van der Waals surface area contributed by atoms with E-state index < -0.39 is 0 Å². The van der Waals surface area contributed by atoms with Gasteiger partial charge in [0.2, 0.25) is 5.75 Å². The average molecular weight is 177 g/mol. The molecular formula is C9H7NO3. The van der Waals surface area contributed by atoms with Crippen molar-refractivity contribution in [1.29, 1.82) is 0 Å². The minimum Gasteiger partial charge on any atom is -0.486 e. The lowest BCUT2D eigenvalue weighted by atomic mass is 10.2. The van der Waals surface area contributed by atoms with Gasteiger partial charge in [-0.2, -0.15) is 0 Å². The normalized spacial score (nSPS) is 14.8. The maximum absolute atomic E-state index is 5.44. The molecule has 0 atom stereocenters. The number of ether oxygens (including phenoxy) is 2.